The first-order valence-electron chi connectivity index (χ1n) is 5.53. The van der Waals surface area contributed by atoms with Crippen LogP contribution >= 0.6 is 0 Å². The van der Waals surface area contributed by atoms with Gasteiger partial charge in [-0.1, -0.05) is 6.92 Å². The largest absolute Gasteiger partial charge is 0.459 e. The molecule has 2 rings (SSSR count). The zero-order chi connectivity index (χ0) is 11.9. The lowest BCUT2D eigenvalue weighted by Gasteiger charge is -2.43. The molecule has 1 N–H and O–H groups in total. The van der Waals surface area contributed by atoms with Crippen LogP contribution in [0.1, 0.15) is 13.3 Å². The number of fused-ring (bicyclic) bond motifs is 1. The lowest BCUT2D eigenvalue weighted by Crippen LogP contribution is -2.57. The highest BCUT2D eigenvalue weighted by molar-refractivity contribution is 5.72. The van der Waals surface area contributed by atoms with Crippen LogP contribution in [0.5, 0.6) is 0 Å². The smallest absolute Gasteiger partial charge is 0.306 e. The number of rotatable bonds is 2. The van der Waals surface area contributed by atoms with Gasteiger partial charge in [-0.05, 0) is 5.92 Å². The molecule has 2 aliphatic rings. The molecule has 5 heteroatoms. The summed E-state index contributed by atoms with van der Waals surface area (Å²) >= 11 is 0. The van der Waals surface area contributed by atoms with E-state index in [1.54, 1.807) is 7.11 Å². The first kappa shape index (κ1) is 11.8. The Morgan fingerprint density at radius 3 is 2.50 bits per heavy atom. The Bertz CT molecular complexity index is 280. The van der Waals surface area contributed by atoms with Gasteiger partial charge >= 0.3 is 5.97 Å². The lowest BCUT2D eigenvalue weighted by atomic mass is 9.73. The summed E-state index contributed by atoms with van der Waals surface area (Å²) in [5, 5.41) is 10.1. The third-order valence-corrected chi connectivity index (χ3v) is 3.83. The molecule has 0 aromatic rings. The van der Waals surface area contributed by atoms with E-state index in [9.17, 15) is 9.90 Å². The summed E-state index contributed by atoms with van der Waals surface area (Å²) in [6.07, 6.45) is -1.37. The minimum absolute atomic E-state index is 0.0206. The van der Waals surface area contributed by atoms with Gasteiger partial charge in [0.25, 0.3) is 0 Å². The van der Waals surface area contributed by atoms with Gasteiger partial charge in [-0.25, -0.2) is 0 Å². The summed E-state index contributed by atoms with van der Waals surface area (Å²) in [5.74, 6) is -0.209. The molecule has 0 spiro atoms. The first-order chi connectivity index (χ1) is 7.60. The molecular weight excluding hydrogens is 212 g/mol. The maximum Gasteiger partial charge on any atom is 0.306 e. The standard InChI is InChI=1S/C11H18O5/c1-5-6-4-7(12)16-9(6)11(15-3)10(14-2)8(5)13/h5-6,8-11,13H,4H2,1-3H3/t5-,6-,8+,9-,10-,11+/m1/s1. The van der Waals surface area contributed by atoms with E-state index in [0.29, 0.717) is 6.42 Å². The van der Waals surface area contributed by atoms with Crippen molar-refractivity contribution in [3.8, 4) is 0 Å². The number of hydrogen-bond donors (Lipinski definition) is 1. The highest BCUT2D eigenvalue weighted by Gasteiger charge is 2.54. The number of methoxy groups -OCH3 is 2. The third-order valence-electron chi connectivity index (χ3n) is 3.83. The molecule has 1 heterocycles. The molecule has 6 atom stereocenters. The van der Waals surface area contributed by atoms with E-state index >= 15 is 0 Å². The average Bonchev–Trinajstić information content (AvgIpc) is 2.65. The van der Waals surface area contributed by atoms with Crippen LogP contribution in [0, 0.1) is 11.8 Å². The second-order valence-electron chi connectivity index (χ2n) is 4.57. The zero-order valence-corrected chi connectivity index (χ0v) is 9.75. The highest BCUT2D eigenvalue weighted by Crippen LogP contribution is 2.41. The van der Waals surface area contributed by atoms with Gasteiger partial charge in [0, 0.05) is 20.1 Å². The predicted octanol–water partition coefficient (Wildman–Crippen LogP) is -0.0413. The Morgan fingerprint density at radius 2 is 1.94 bits per heavy atom. The summed E-state index contributed by atoms with van der Waals surface area (Å²) in [6.45, 7) is 1.92. The van der Waals surface area contributed by atoms with Gasteiger partial charge in [0.2, 0.25) is 0 Å². The lowest BCUT2D eigenvalue weighted by molar-refractivity contribution is -0.193. The third kappa shape index (κ3) is 1.63. The normalized spacial score (nSPS) is 47.6. The number of ether oxygens (including phenoxy) is 3. The van der Waals surface area contributed by atoms with Crippen molar-refractivity contribution in [1.29, 1.82) is 0 Å². The molecule has 1 saturated heterocycles. The van der Waals surface area contributed by atoms with Crippen molar-refractivity contribution in [2.24, 2.45) is 11.8 Å². The van der Waals surface area contributed by atoms with Crippen molar-refractivity contribution in [2.45, 2.75) is 37.8 Å². The van der Waals surface area contributed by atoms with Gasteiger partial charge in [-0.3, -0.25) is 4.79 Å². The van der Waals surface area contributed by atoms with Gasteiger partial charge in [-0.2, -0.15) is 0 Å². The van der Waals surface area contributed by atoms with Crippen LogP contribution in [0.25, 0.3) is 0 Å². The summed E-state index contributed by atoms with van der Waals surface area (Å²) in [4.78, 5) is 11.3. The van der Waals surface area contributed by atoms with Crippen molar-refractivity contribution >= 4 is 5.97 Å². The van der Waals surface area contributed by atoms with E-state index in [1.807, 2.05) is 6.92 Å². The van der Waals surface area contributed by atoms with Crippen molar-refractivity contribution in [1.82, 2.24) is 0 Å². The second-order valence-corrected chi connectivity index (χ2v) is 4.57. The van der Waals surface area contributed by atoms with Crippen LogP contribution in [-0.4, -0.2) is 49.7 Å². The molecule has 1 aliphatic carbocycles. The van der Waals surface area contributed by atoms with E-state index in [2.05, 4.69) is 0 Å². The van der Waals surface area contributed by atoms with Gasteiger partial charge in [-0.15, -0.1) is 0 Å². The molecule has 1 aliphatic heterocycles. The Hall–Kier alpha value is -0.650. The van der Waals surface area contributed by atoms with Crippen LogP contribution in [-0.2, 0) is 19.0 Å². The quantitative estimate of drug-likeness (QED) is 0.674. The van der Waals surface area contributed by atoms with Crippen molar-refractivity contribution < 1.29 is 24.1 Å². The van der Waals surface area contributed by atoms with Crippen LogP contribution in [0.4, 0.5) is 0 Å². The Morgan fingerprint density at radius 1 is 1.31 bits per heavy atom. The maximum atomic E-state index is 11.3. The molecule has 0 aromatic heterocycles. The summed E-state index contributed by atoms with van der Waals surface area (Å²) < 4.78 is 15.8. The molecule has 92 valence electrons. The SMILES string of the molecule is CO[C@@H]1[C@H](OC)[C@@H](O)[C@H](C)[C@H]2CC(=O)O[C@H]21. The van der Waals surface area contributed by atoms with E-state index < -0.39 is 12.2 Å². The van der Waals surface area contributed by atoms with Crippen LogP contribution in [0.3, 0.4) is 0 Å². The average molecular weight is 230 g/mol. The highest BCUT2D eigenvalue weighted by atomic mass is 16.6. The second kappa shape index (κ2) is 4.31. The monoisotopic (exact) mass is 230 g/mol. The van der Waals surface area contributed by atoms with Crippen molar-refractivity contribution in [3.05, 3.63) is 0 Å². The molecule has 0 aromatic carbocycles. The molecular formula is C11H18O5. The molecule has 0 radical (unpaired) electrons. The number of aliphatic hydroxyl groups is 1. The zero-order valence-electron chi connectivity index (χ0n) is 9.75. The summed E-state index contributed by atoms with van der Waals surface area (Å²) in [5.41, 5.74) is 0. The van der Waals surface area contributed by atoms with Crippen LogP contribution < -0.4 is 0 Å². The number of carbonyl (C=O) groups excluding carboxylic acids is 1. The van der Waals surface area contributed by atoms with Crippen molar-refractivity contribution in [3.63, 3.8) is 0 Å². The fourth-order valence-corrected chi connectivity index (χ4v) is 2.87. The minimum Gasteiger partial charge on any atom is -0.459 e. The van der Waals surface area contributed by atoms with Gasteiger partial charge in [0.1, 0.15) is 18.3 Å². The predicted molar refractivity (Wildman–Crippen MR) is 54.8 cm³/mol. The van der Waals surface area contributed by atoms with Gasteiger partial charge < -0.3 is 19.3 Å². The van der Waals surface area contributed by atoms with Gasteiger partial charge in [0.15, 0.2) is 0 Å². The molecule has 1 saturated carbocycles. The fraction of sp³-hybridized carbons (Fsp3) is 0.909. The van der Waals surface area contributed by atoms with Crippen molar-refractivity contribution in [2.75, 3.05) is 14.2 Å². The Kier molecular flexibility index (Phi) is 3.19. The number of aliphatic hydroxyl groups excluding tert-OH is 1. The van der Waals surface area contributed by atoms with E-state index in [0.717, 1.165) is 0 Å². The first-order valence-corrected chi connectivity index (χ1v) is 5.53. The fourth-order valence-electron chi connectivity index (χ4n) is 2.87. The van der Waals surface area contributed by atoms with Crippen LogP contribution in [0.2, 0.25) is 0 Å². The Labute approximate surface area is 94.7 Å². The minimum atomic E-state index is -0.620. The summed E-state index contributed by atoms with van der Waals surface area (Å²) in [6, 6.07) is 0. The molecule has 0 amide bonds. The molecule has 0 unspecified atom stereocenters. The maximum absolute atomic E-state index is 11.3. The molecule has 16 heavy (non-hydrogen) atoms. The number of hydrogen-bond acceptors (Lipinski definition) is 5. The number of esters is 1. The van der Waals surface area contributed by atoms with E-state index in [-0.39, 0.29) is 30.0 Å². The van der Waals surface area contributed by atoms with E-state index in [1.165, 1.54) is 7.11 Å². The topological polar surface area (TPSA) is 65.0 Å². The van der Waals surface area contributed by atoms with Gasteiger partial charge in [0.05, 0.1) is 12.5 Å². The van der Waals surface area contributed by atoms with E-state index in [4.69, 9.17) is 14.2 Å². The molecule has 5 nitrogen and oxygen atoms in total. The number of carbonyl (C=O) groups is 1. The van der Waals surface area contributed by atoms with Crippen LogP contribution in [0.15, 0.2) is 0 Å². The molecule has 2 fully saturated rings. The molecule has 0 bridgehead atoms. The Balaban J connectivity index is 2.25. The summed E-state index contributed by atoms with van der Waals surface area (Å²) in [7, 11) is 3.08.